The summed E-state index contributed by atoms with van der Waals surface area (Å²) in [5.74, 6) is 3.07. The minimum atomic E-state index is 0.559. The summed E-state index contributed by atoms with van der Waals surface area (Å²) in [4.78, 5) is 14.1. The van der Waals surface area contributed by atoms with Crippen molar-refractivity contribution in [3.05, 3.63) is 12.4 Å². The first-order valence-corrected chi connectivity index (χ1v) is 10.4. The lowest BCUT2D eigenvalue weighted by molar-refractivity contribution is 0.189. The van der Waals surface area contributed by atoms with Gasteiger partial charge in [-0.1, -0.05) is 12.8 Å². The number of piperidine rings is 2. The van der Waals surface area contributed by atoms with Crippen molar-refractivity contribution >= 4 is 11.6 Å². The van der Waals surface area contributed by atoms with Crippen LogP contribution in [-0.4, -0.2) is 53.6 Å². The first-order chi connectivity index (χ1) is 12.4. The Bertz CT molecular complexity index is 529. The van der Waals surface area contributed by atoms with E-state index in [4.69, 9.17) is 0 Å². The zero-order valence-corrected chi connectivity index (χ0v) is 15.5. The molecule has 2 saturated heterocycles. The SMILES string of the molecule is c1nc(NC2CCN(CC3CCCC3)CC2)cc(N2CCCCC2)n1. The van der Waals surface area contributed by atoms with Gasteiger partial charge in [0.15, 0.2) is 0 Å². The highest BCUT2D eigenvalue weighted by atomic mass is 15.2. The van der Waals surface area contributed by atoms with Gasteiger partial charge < -0.3 is 15.1 Å². The highest BCUT2D eigenvalue weighted by Crippen LogP contribution is 2.27. The molecule has 0 amide bonds. The highest BCUT2D eigenvalue weighted by molar-refractivity contribution is 5.49. The van der Waals surface area contributed by atoms with Gasteiger partial charge >= 0.3 is 0 Å². The van der Waals surface area contributed by atoms with Crippen LogP contribution in [-0.2, 0) is 0 Å². The Morgan fingerprint density at radius 1 is 0.880 bits per heavy atom. The van der Waals surface area contributed by atoms with E-state index in [-0.39, 0.29) is 0 Å². The minimum absolute atomic E-state index is 0.559. The van der Waals surface area contributed by atoms with Crippen molar-refractivity contribution in [2.24, 2.45) is 5.92 Å². The normalized spacial score (nSPS) is 23.9. The quantitative estimate of drug-likeness (QED) is 0.886. The largest absolute Gasteiger partial charge is 0.367 e. The number of nitrogens with one attached hydrogen (secondary N) is 1. The van der Waals surface area contributed by atoms with Crippen molar-refractivity contribution in [3.63, 3.8) is 0 Å². The third-order valence-corrected chi connectivity index (χ3v) is 6.26. The number of nitrogens with zero attached hydrogens (tertiary/aromatic N) is 4. The molecule has 0 atom stereocenters. The van der Waals surface area contributed by atoms with E-state index in [1.165, 1.54) is 77.4 Å². The van der Waals surface area contributed by atoms with Gasteiger partial charge in [-0.15, -0.1) is 0 Å². The van der Waals surface area contributed by atoms with Crippen molar-refractivity contribution in [3.8, 4) is 0 Å². The van der Waals surface area contributed by atoms with Gasteiger partial charge in [0.25, 0.3) is 0 Å². The van der Waals surface area contributed by atoms with E-state index in [0.29, 0.717) is 6.04 Å². The lowest BCUT2D eigenvalue weighted by Crippen LogP contribution is -2.41. The first kappa shape index (κ1) is 17.1. The summed E-state index contributed by atoms with van der Waals surface area (Å²) in [5.41, 5.74) is 0. The Morgan fingerprint density at radius 3 is 2.40 bits per heavy atom. The van der Waals surface area contributed by atoms with Crippen LogP contribution in [0, 0.1) is 5.92 Å². The van der Waals surface area contributed by atoms with Crippen LogP contribution >= 0.6 is 0 Å². The molecule has 3 heterocycles. The summed E-state index contributed by atoms with van der Waals surface area (Å²) >= 11 is 0. The van der Waals surface area contributed by atoms with Crippen LogP contribution in [0.25, 0.3) is 0 Å². The topological polar surface area (TPSA) is 44.3 Å². The highest BCUT2D eigenvalue weighted by Gasteiger charge is 2.23. The van der Waals surface area contributed by atoms with Gasteiger partial charge in [-0.3, -0.25) is 0 Å². The zero-order chi connectivity index (χ0) is 16.9. The molecule has 3 aliphatic rings. The fourth-order valence-corrected chi connectivity index (χ4v) is 4.75. The molecule has 5 heteroatoms. The molecule has 1 aliphatic carbocycles. The van der Waals surface area contributed by atoms with E-state index in [1.54, 1.807) is 6.33 Å². The van der Waals surface area contributed by atoms with Crippen LogP contribution in [0.2, 0.25) is 0 Å². The Labute approximate surface area is 152 Å². The fourth-order valence-electron chi connectivity index (χ4n) is 4.75. The second-order valence-corrected chi connectivity index (χ2v) is 8.18. The first-order valence-electron chi connectivity index (χ1n) is 10.4. The molecule has 0 unspecified atom stereocenters. The van der Waals surface area contributed by atoms with Crippen molar-refractivity contribution in [2.75, 3.05) is 42.9 Å². The lowest BCUT2D eigenvalue weighted by Gasteiger charge is -2.34. The standard InChI is InChI=1S/C20H33N5/c1-4-10-25(11-5-1)20-14-19(21-16-22-20)23-18-8-12-24(13-9-18)15-17-6-2-3-7-17/h14,16-18H,1-13,15H2,(H,21,22,23). The van der Waals surface area contributed by atoms with Crippen molar-refractivity contribution < 1.29 is 0 Å². The molecule has 1 saturated carbocycles. The van der Waals surface area contributed by atoms with Crippen molar-refractivity contribution in [1.82, 2.24) is 14.9 Å². The molecule has 0 aromatic carbocycles. The molecule has 1 aromatic rings. The maximum Gasteiger partial charge on any atom is 0.134 e. The third-order valence-electron chi connectivity index (χ3n) is 6.26. The molecular weight excluding hydrogens is 310 g/mol. The average molecular weight is 344 g/mol. The lowest BCUT2D eigenvalue weighted by atomic mass is 10.0. The summed E-state index contributed by atoms with van der Waals surface area (Å²) in [5, 5.41) is 3.67. The van der Waals surface area contributed by atoms with Crippen molar-refractivity contribution in [2.45, 2.75) is 63.8 Å². The van der Waals surface area contributed by atoms with Gasteiger partial charge in [0.1, 0.15) is 18.0 Å². The fraction of sp³-hybridized carbons (Fsp3) is 0.800. The maximum absolute atomic E-state index is 4.49. The molecule has 3 fully saturated rings. The predicted molar refractivity (Wildman–Crippen MR) is 103 cm³/mol. The second-order valence-electron chi connectivity index (χ2n) is 8.18. The van der Waals surface area contributed by atoms with Gasteiger partial charge in [-0.25, -0.2) is 9.97 Å². The Hall–Kier alpha value is -1.36. The number of anilines is 2. The van der Waals surface area contributed by atoms with Gasteiger partial charge in [-0.2, -0.15) is 0 Å². The van der Waals surface area contributed by atoms with Crippen LogP contribution < -0.4 is 10.2 Å². The van der Waals surface area contributed by atoms with E-state index in [1.807, 2.05) is 0 Å². The van der Waals surface area contributed by atoms with E-state index >= 15 is 0 Å². The summed E-state index contributed by atoms with van der Waals surface area (Å²) in [6.07, 6.45) is 13.9. The van der Waals surface area contributed by atoms with Gasteiger partial charge in [-0.05, 0) is 50.9 Å². The maximum atomic E-state index is 4.49. The predicted octanol–water partition coefficient (Wildman–Crippen LogP) is 3.53. The molecule has 1 aromatic heterocycles. The van der Waals surface area contributed by atoms with Gasteiger partial charge in [0.05, 0.1) is 0 Å². The van der Waals surface area contributed by atoms with E-state index in [9.17, 15) is 0 Å². The summed E-state index contributed by atoms with van der Waals surface area (Å²) in [6, 6.07) is 2.71. The van der Waals surface area contributed by atoms with Crippen LogP contribution in [0.1, 0.15) is 57.8 Å². The van der Waals surface area contributed by atoms with Gasteiger partial charge in [0.2, 0.25) is 0 Å². The van der Waals surface area contributed by atoms with Crippen LogP contribution in [0.4, 0.5) is 11.6 Å². The summed E-state index contributed by atoms with van der Waals surface area (Å²) in [6.45, 7) is 6.07. The molecule has 4 rings (SSSR count). The number of aromatic nitrogens is 2. The molecule has 1 N–H and O–H groups in total. The Morgan fingerprint density at radius 2 is 1.64 bits per heavy atom. The Kier molecular flexibility index (Phi) is 5.70. The third kappa shape index (κ3) is 4.63. The monoisotopic (exact) mass is 343 g/mol. The zero-order valence-electron chi connectivity index (χ0n) is 15.5. The number of rotatable bonds is 5. The molecule has 0 bridgehead atoms. The molecular formula is C20H33N5. The average Bonchev–Trinajstić information content (AvgIpc) is 3.17. The second kappa shape index (κ2) is 8.35. The van der Waals surface area contributed by atoms with Crippen LogP contribution in [0.15, 0.2) is 12.4 Å². The minimum Gasteiger partial charge on any atom is -0.367 e. The molecule has 0 radical (unpaired) electrons. The smallest absolute Gasteiger partial charge is 0.134 e. The van der Waals surface area contributed by atoms with Crippen LogP contribution in [0.3, 0.4) is 0 Å². The summed E-state index contributed by atoms with van der Waals surface area (Å²) < 4.78 is 0. The molecule has 138 valence electrons. The van der Waals surface area contributed by atoms with E-state index in [2.05, 4.69) is 31.2 Å². The Balaban J connectivity index is 1.26. The number of likely N-dealkylation sites (tertiary alicyclic amines) is 1. The van der Waals surface area contributed by atoms with E-state index < -0.39 is 0 Å². The van der Waals surface area contributed by atoms with Crippen LogP contribution in [0.5, 0.6) is 0 Å². The molecule has 2 aliphatic heterocycles. The molecule has 25 heavy (non-hydrogen) atoms. The number of hydrogen-bond acceptors (Lipinski definition) is 5. The molecule has 5 nitrogen and oxygen atoms in total. The summed E-state index contributed by atoms with van der Waals surface area (Å²) in [7, 11) is 0. The van der Waals surface area contributed by atoms with E-state index in [0.717, 1.165) is 30.6 Å². The number of hydrogen-bond donors (Lipinski definition) is 1. The van der Waals surface area contributed by atoms with Crippen molar-refractivity contribution in [1.29, 1.82) is 0 Å². The van der Waals surface area contributed by atoms with Gasteiger partial charge in [0, 0.05) is 44.8 Å². The molecule has 0 spiro atoms.